The average molecular weight is 227 g/mol. The van der Waals surface area contributed by atoms with Crippen molar-refractivity contribution >= 4 is 0 Å². The van der Waals surface area contributed by atoms with Gasteiger partial charge < -0.3 is 9.47 Å². The van der Waals surface area contributed by atoms with Crippen LogP contribution in [0.1, 0.15) is 5.56 Å². The van der Waals surface area contributed by atoms with Gasteiger partial charge in [0, 0.05) is 11.6 Å². The zero-order valence-corrected chi connectivity index (χ0v) is 10.1. The first-order valence-electron chi connectivity index (χ1n) is 5.39. The van der Waals surface area contributed by atoms with Gasteiger partial charge in [0.2, 0.25) is 0 Å². The van der Waals surface area contributed by atoms with Crippen molar-refractivity contribution in [3.63, 3.8) is 0 Å². The van der Waals surface area contributed by atoms with E-state index in [0.717, 1.165) is 28.2 Å². The van der Waals surface area contributed by atoms with Crippen LogP contribution in [0.2, 0.25) is 0 Å². The second-order valence-electron chi connectivity index (χ2n) is 3.72. The van der Waals surface area contributed by atoms with Crippen LogP contribution in [-0.2, 0) is 0 Å². The normalized spacial score (nSPS) is 10.1. The Bertz CT molecular complexity index is 518. The molecule has 0 aromatic heterocycles. The smallest absolute Gasteiger partial charge is 0.130 e. The SMILES string of the molecule is [CH2]c1ccccc1-c1ccc(OC)cc1OC. The van der Waals surface area contributed by atoms with Crippen molar-refractivity contribution < 1.29 is 9.47 Å². The van der Waals surface area contributed by atoms with E-state index in [9.17, 15) is 0 Å². The Labute approximate surface area is 102 Å². The highest BCUT2D eigenvalue weighted by Gasteiger charge is 2.08. The van der Waals surface area contributed by atoms with Crippen LogP contribution in [0, 0.1) is 6.92 Å². The Morgan fingerprint density at radius 2 is 1.65 bits per heavy atom. The first-order chi connectivity index (χ1) is 8.26. The van der Waals surface area contributed by atoms with Gasteiger partial charge >= 0.3 is 0 Å². The van der Waals surface area contributed by atoms with E-state index in [2.05, 4.69) is 6.92 Å². The summed E-state index contributed by atoms with van der Waals surface area (Å²) in [5.74, 6) is 1.58. The number of hydrogen-bond donors (Lipinski definition) is 0. The predicted molar refractivity (Wildman–Crippen MR) is 69.4 cm³/mol. The fourth-order valence-corrected chi connectivity index (χ4v) is 1.80. The summed E-state index contributed by atoms with van der Waals surface area (Å²) in [4.78, 5) is 0. The van der Waals surface area contributed by atoms with Gasteiger partial charge in [-0.3, -0.25) is 0 Å². The van der Waals surface area contributed by atoms with Crippen LogP contribution in [0.5, 0.6) is 11.5 Å². The lowest BCUT2D eigenvalue weighted by atomic mass is 10.00. The summed E-state index contributed by atoms with van der Waals surface area (Å²) in [6.07, 6.45) is 0. The molecule has 0 spiro atoms. The second kappa shape index (κ2) is 4.91. The molecule has 2 heteroatoms. The maximum atomic E-state index is 5.39. The van der Waals surface area contributed by atoms with Crippen LogP contribution in [0.25, 0.3) is 11.1 Å². The summed E-state index contributed by atoms with van der Waals surface area (Å²) in [7, 11) is 3.30. The van der Waals surface area contributed by atoms with Gasteiger partial charge in [0.15, 0.2) is 0 Å². The van der Waals surface area contributed by atoms with E-state index in [1.165, 1.54) is 0 Å². The minimum Gasteiger partial charge on any atom is -0.497 e. The van der Waals surface area contributed by atoms with Crippen LogP contribution in [-0.4, -0.2) is 14.2 Å². The van der Waals surface area contributed by atoms with Crippen molar-refractivity contribution in [1.29, 1.82) is 0 Å². The molecular weight excluding hydrogens is 212 g/mol. The molecule has 0 saturated heterocycles. The lowest BCUT2D eigenvalue weighted by Crippen LogP contribution is -1.91. The molecule has 2 rings (SSSR count). The second-order valence-corrected chi connectivity index (χ2v) is 3.72. The molecule has 0 N–H and O–H groups in total. The zero-order valence-electron chi connectivity index (χ0n) is 10.1. The Hall–Kier alpha value is -1.96. The van der Waals surface area contributed by atoms with E-state index in [4.69, 9.17) is 9.47 Å². The van der Waals surface area contributed by atoms with E-state index in [1.54, 1.807) is 14.2 Å². The lowest BCUT2D eigenvalue weighted by molar-refractivity contribution is 0.395. The number of hydrogen-bond acceptors (Lipinski definition) is 2. The van der Waals surface area contributed by atoms with Crippen LogP contribution < -0.4 is 9.47 Å². The molecule has 0 amide bonds. The zero-order chi connectivity index (χ0) is 12.3. The van der Waals surface area contributed by atoms with Crippen LogP contribution in [0.3, 0.4) is 0 Å². The Balaban J connectivity index is 2.56. The highest BCUT2D eigenvalue weighted by molar-refractivity contribution is 5.74. The number of benzene rings is 2. The summed E-state index contributed by atoms with van der Waals surface area (Å²) in [5.41, 5.74) is 3.09. The fraction of sp³-hybridized carbons (Fsp3) is 0.133. The monoisotopic (exact) mass is 227 g/mol. The van der Waals surface area contributed by atoms with Crippen molar-refractivity contribution in [3.8, 4) is 22.6 Å². The number of ether oxygens (including phenoxy) is 2. The van der Waals surface area contributed by atoms with Gasteiger partial charge in [-0.05, 0) is 30.2 Å². The van der Waals surface area contributed by atoms with Crippen molar-refractivity contribution in [2.24, 2.45) is 0 Å². The van der Waals surface area contributed by atoms with Crippen LogP contribution in [0.15, 0.2) is 42.5 Å². The molecule has 2 nitrogen and oxygen atoms in total. The fourth-order valence-electron chi connectivity index (χ4n) is 1.80. The van der Waals surface area contributed by atoms with Crippen LogP contribution >= 0.6 is 0 Å². The third-order valence-corrected chi connectivity index (χ3v) is 2.72. The molecule has 0 aliphatic heterocycles. The Morgan fingerprint density at radius 3 is 2.29 bits per heavy atom. The predicted octanol–water partition coefficient (Wildman–Crippen LogP) is 3.55. The van der Waals surface area contributed by atoms with E-state index in [0.29, 0.717) is 0 Å². The molecule has 0 atom stereocenters. The minimum atomic E-state index is 0.784. The number of rotatable bonds is 3. The first kappa shape index (κ1) is 11.5. The van der Waals surface area contributed by atoms with E-state index >= 15 is 0 Å². The topological polar surface area (TPSA) is 18.5 Å². The Kier molecular flexibility index (Phi) is 3.33. The molecule has 17 heavy (non-hydrogen) atoms. The van der Waals surface area contributed by atoms with Gasteiger partial charge in [0.05, 0.1) is 14.2 Å². The van der Waals surface area contributed by atoms with Crippen molar-refractivity contribution in [2.45, 2.75) is 0 Å². The molecule has 2 aromatic rings. The summed E-state index contributed by atoms with van der Waals surface area (Å²) >= 11 is 0. The van der Waals surface area contributed by atoms with Crippen molar-refractivity contribution in [3.05, 3.63) is 55.0 Å². The third kappa shape index (κ3) is 2.26. The molecule has 0 aliphatic rings. The first-order valence-corrected chi connectivity index (χ1v) is 5.39. The Morgan fingerprint density at radius 1 is 0.882 bits per heavy atom. The molecule has 2 aromatic carbocycles. The highest BCUT2D eigenvalue weighted by atomic mass is 16.5. The molecule has 1 radical (unpaired) electrons. The molecule has 0 aliphatic carbocycles. The summed E-state index contributed by atoms with van der Waals surface area (Å²) in [6.45, 7) is 4.03. The molecule has 0 heterocycles. The van der Waals surface area contributed by atoms with Gasteiger partial charge in [-0.15, -0.1) is 0 Å². The van der Waals surface area contributed by atoms with Gasteiger partial charge in [0.25, 0.3) is 0 Å². The van der Waals surface area contributed by atoms with Gasteiger partial charge in [-0.25, -0.2) is 0 Å². The minimum absolute atomic E-state index is 0.784. The lowest BCUT2D eigenvalue weighted by Gasteiger charge is -2.12. The van der Waals surface area contributed by atoms with Gasteiger partial charge in [-0.2, -0.15) is 0 Å². The van der Waals surface area contributed by atoms with E-state index in [-0.39, 0.29) is 0 Å². The number of methoxy groups -OCH3 is 2. The highest BCUT2D eigenvalue weighted by Crippen LogP contribution is 2.34. The van der Waals surface area contributed by atoms with Crippen LogP contribution in [0.4, 0.5) is 0 Å². The van der Waals surface area contributed by atoms with Gasteiger partial charge in [0.1, 0.15) is 11.5 Å². The van der Waals surface area contributed by atoms with E-state index < -0.39 is 0 Å². The maximum absolute atomic E-state index is 5.39. The van der Waals surface area contributed by atoms with Crippen molar-refractivity contribution in [2.75, 3.05) is 14.2 Å². The third-order valence-electron chi connectivity index (χ3n) is 2.72. The summed E-state index contributed by atoms with van der Waals surface area (Å²) in [6, 6.07) is 13.8. The molecule has 0 unspecified atom stereocenters. The standard InChI is InChI=1S/C15H15O2/c1-11-6-4-5-7-13(11)14-9-8-12(16-2)10-15(14)17-3/h4-10H,1H2,2-3H3. The summed E-state index contributed by atoms with van der Waals surface area (Å²) < 4.78 is 10.6. The summed E-state index contributed by atoms with van der Waals surface area (Å²) in [5, 5.41) is 0. The van der Waals surface area contributed by atoms with Crippen molar-refractivity contribution in [1.82, 2.24) is 0 Å². The largest absolute Gasteiger partial charge is 0.497 e. The molecule has 0 saturated carbocycles. The molecule has 87 valence electrons. The van der Waals surface area contributed by atoms with Gasteiger partial charge in [-0.1, -0.05) is 24.3 Å². The maximum Gasteiger partial charge on any atom is 0.130 e. The molecular formula is C15H15O2. The average Bonchev–Trinajstić information content (AvgIpc) is 2.38. The quantitative estimate of drug-likeness (QED) is 0.798. The van der Waals surface area contributed by atoms with E-state index in [1.807, 2.05) is 42.5 Å². The molecule has 0 bridgehead atoms. The molecule has 0 fully saturated rings.